The van der Waals surface area contributed by atoms with E-state index in [-0.39, 0.29) is 24.2 Å². The summed E-state index contributed by atoms with van der Waals surface area (Å²) in [6.07, 6.45) is 4.00. The Balaban J connectivity index is 1.38. The highest BCUT2D eigenvalue weighted by molar-refractivity contribution is 5.75. The number of hydrogen-bond acceptors (Lipinski definition) is 5. The molecule has 0 radical (unpaired) electrons. The van der Waals surface area contributed by atoms with Gasteiger partial charge in [-0.1, -0.05) is 6.07 Å². The van der Waals surface area contributed by atoms with Crippen molar-refractivity contribution in [2.45, 2.75) is 57.7 Å². The van der Waals surface area contributed by atoms with Crippen molar-refractivity contribution in [3.63, 3.8) is 0 Å². The number of urea groups is 1. The van der Waals surface area contributed by atoms with E-state index < -0.39 is 5.60 Å². The number of carbonyl (C=O) groups is 2. The summed E-state index contributed by atoms with van der Waals surface area (Å²) >= 11 is 0. The Morgan fingerprint density at radius 2 is 1.75 bits per heavy atom. The molecule has 2 aliphatic heterocycles. The van der Waals surface area contributed by atoms with Crippen molar-refractivity contribution in [2.24, 2.45) is 0 Å². The minimum absolute atomic E-state index is 0.0406. The van der Waals surface area contributed by atoms with Crippen LogP contribution in [0.2, 0.25) is 0 Å². The highest BCUT2D eigenvalue weighted by Crippen LogP contribution is 2.18. The molecule has 0 aromatic carbocycles. The van der Waals surface area contributed by atoms with Gasteiger partial charge in [0.1, 0.15) is 11.4 Å². The van der Waals surface area contributed by atoms with E-state index in [0.29, 0.717) is 13.1 Å². The molecule has 154 valence electrons. The first kappa shape index (κ1) is 20.2. The van der Waals surface area contributed by atoms with E-state index in [4.69, 9.17) is 4.74 Å². The van der Waals surface area contributed by atoms with E-state index in [0.717, 1.165) is 38.2 Å². The van der Waals surface area contributed by atoms with Gasteiger partial charge in [0.05, 0.1) is 0 Å². The summed E-state index contributed by atoms with van der Waals surface area (Å²) < 4.78 is 5.39. The van der Waals surface area contributed by atoms with Crippen LogP contribution in [0.25, 0.3) is 0 Å². The molecular formula is C20H31N5O3. The normalized spacial score (nSPS) is 20.8. The molecule has 1 atom stereocenters. The number of nitrogens with one attached hydrogen (secondary N) is 2. The van der Waals surface area contributed by atoms with Gasteiger partial charge in [-0.25, -0.2) is 14.6 Å². The van der Waals surface area contributed by atoms with Crippen LogP contribution in [0, 0.1) is 0 Å². The molecular weight excluding hydrogens is 358 g/mol. The number of hydrogen-bond donors (Lipinski definition) is 2. The Hall–Kier alpha value is -2.51. The van der Waals surface area contributed by atoms with Crippen molar-refractivity contribution in [3.8, 4) is 0 Å². The van der Waals surface area contributed by atoms with E-state index in [1.807, 2.05) is 39.0 Å². The van der Waals surface area contributed by atoms with E-state index >= 15 is 0 Å². The van der Waals surface area contributed by atoms with Gasteiger partial charge in [-0.05, 0) is 52.2 Å². The molecule has 8 heteroatoms. The fraction of sp³-hybridized carbons (Fsp3) is 0.650. The van der Waals surface area contributed by atoms with Gasteiger partial charge in [0, 0.05) is 44.5 Å². The summed E-state index contributed by atoms with van der Waals surface area (Å²) in [4.78, 5) is 32.7. The summed E-state index contributed by atoms with van der Waals surface area (Å²) in [6, 6.07) is 5.87. The van der Waals surface area contributed by atoms with Gasteiger partial charge in [-0.15, -0.1) is 0 Å². The molecule has 0 aliphatic carbocycles. The lowest BCUT2D eigenvalue weighted by atomic mass is 10.1. The van der Waals surface area contributed by atoms with Crippen LogP contribution in [0.5, 0.6) is 0 Å². The van der Waals surface area contributed by atoms with Gasteiger partial charge < -0.3 is 25.2 Å². The molecule has 0 spiro atoms. The second-order valence-electron chi connectivity index (χ2n) is 8.48. The number of anilines is 1. The summed E-state index contributed by atoms with van der Waals surface area (Å²) in [6.45, 7) is 8.38. The summed E-state index contributed by atoms with van der Waals surface area (Å²) in [5.41, 5.74) is -0.510. The van der Waals surface area contributed by atoms with Crippen LogP contribution in [0.4, 0.5) is 15.4 Å². The maximum atomic E-state index is 12.3. The fourth-order valence-electron chi connectivity index (χ4n) is 3.58. The number of nitrogens with zero attached hydrogens (tertiary/aromatic N) is 3. The average molecular weight is 390 g/mol. The Labute approximate surface area is 166 Å². The van der Waals surface area contributed by atoms with Gasteiger partial charge in [0.2, 0.25) is 0 Å². The predicted molar refractivity (Wildman–Crippen MR) is 107 cm³/mol. The molecule has 1 aromatic heterocycles. The lowest BCUT2D eigenvalue weighted by Gasteiger charge is -2.33. The van der Waals surface area contributed by atoms with Crippen LogP contribution < -0.4 is 15.5 Å². The van der Waals surface area contributed by atoms with Gasteiger partial charge in [-0.2, -0.15) is 0 Å². The van der Waals surface area contributed by atoms with Crippen molar-refractivity contribution in [3.05, 3.63) is 24.4 Å². The number of rotatable bonds is 3. The first-order chi connectivity index (χ1) is 13.3. The minimum Gasteiger partial charge on any atom is -0.444 e. The monoisotopic (exact) mass is 389 g/mol. The third-order valence-corrected chi connectivity index (χ3v) is 4.98. The third kappa shape index (κ3) is 5.74. The predicted octanol–water partition coefficient (Wildman–Crippen LogP) is 2.36. The van der Waals surface area contributed by atoms with Crippen molar-refractivity contribution in [1.29, 1.82) is 0 Å². The molecule has 0 unspecified atom stereocenters. The van der Waals surface area contributed by atoms with Crippen molar-refractivity contribution in [2.75, 3.05) is 31.1 Å². The first-order valence-electron chi connectivity index (χ1n) is 10.0. The number of ether oxygens (including phenoxy) is 1. The maximum absolute atomic E-state index is 12.3. The zero-order valence-corrected chi connectivity index (χ0v) is 17.0. The Morgan fingerprint density at radius 1 is 1.07 bits per heavy atom. The third-order valence-electron chi connectivity index (χ3n) is 4.98. The molecule has 3 amide bonds. The van der Waals surface area contributed by atoms with Crippen molar-refractivity contribution < 1.29 is 14.3 Å². The minimum atomic E-state index is -0.510. The van der Waals surface area contributed by atoms with E-state index in [9.17, 15) is 9.59 Å². The van der Waals surface area contributed by atoms with E-state index in [2.05, 4.69) is 20.5 Å². The number of amides is 3. The van der Waals surface area contributed by atoms with Crippen LogP contribution in [0.1, 0.15) is 40.0 Å². The summed E-state index contributed by atoms with van der Waals surface area (Å²) in [5, 5.41) is 6.06. The van der Waals surface area contributed by atoms with Crippen LogP contribution in [-0.4, -0.2) is 65.9 Å². The van der Waals surface area contributed by atoms with E-state index in [1.165, 1.54) is 0 Å². The SMILES string of the molecule is CC(C)(C)OC(=O)N1CC[C@@H](NC(=O)NC2CCN(c3ccccn3)CC2)C1. The Kier molecular flexibility index (Phi) is 6.26. The molecule has 2 N–H and O–H groups in total. The molecule has 1 aromatic rings. The highest BCUT2D eigenvalue weighted by atomic mass is 16.6. The lowest BCUT2D eigenvalue weighted by molar-refractivity contribution is 0.0291. The van der Waals surface area contributed by atoms with Crippen LogP contribution >= 0.6 is 0 Å². The van der Waals surface area contributed by atoms with Gasteiger partial charge in [-0.3, -0.25) is 0 Å². The van der Waals surface area contributed by atoms with Crippen molar-refractivity contribution in [1.82, 2.24) is 20.5 Å². The number of aromatic nitrogens is 1. The first-order valence-corrected chi connectivity index (χ1v) is 10.0. The Morgan fingerprint density at radius 3 is 2.39 bits per heavy atom. The smallest absolute Gasteiger partial charge is 0.410 e. The number of piperidine rings is 1. The maximum Gasteiger partial charge on any atom is 0.410 e. The average Bonchev–Trinajstić information content (AvgIpc) is 3.10. The topological polar surface area (TPSA) is 86.8 Å². The van der Waals surface area contributed by atoms with Crippen LogP contribution in [0.3, 0.4) is 0 Å². The fourth-order valence-corrected chi connectivity index (χ4v) is 3.58. The zero-order chi connectivity index (χ0) is 20.1. The summed E-state index contributed by atoms with van der Waals surface area (Å²) in [7, 11) is 0. The lowest BCUT2D eigenvalue weighted by Crippen LogP contribution is -2.50. The van der Waals surface area contributed by atoms with Crippen molar-refractivity contribution >= 4 is 17.9 Å². The quantitative estimate of drug-likeness (QED) is 0.829. The second-order valence-corrected chi connectivity index (χ2v) is 8.48. The Bertz CT molecular complexity index is 668. The van der Waals surface area contributed by atoms with Crippen LogP contribution in [-0.2, 0) is 4.74 Å². The van der Waals surface area contributed by atoms with E-state index in [1.54, 1.807) is 11.1 Å². The zero-order valence-electron chi connectivity index (χ0n) is 17.0. The number of pyridine rings is 1. The largest absolute Gasteiger partial charge is 0.444 e. The van der Waals surface area contributed by atoms with Crippen LogP contribution in [0.15, 0.2) is 24.4 Å². The molecule has 3 heterocycles. The molecule has 0 saturated carbocycles. The molecule has 2 fully saturated rings. The standard InChI is InChI=1S/C20H31N5O3/c1-20(2,3)28-19(27)25-13-9-16(14-25)23-18(26)22-15-7-11-24(12-8-15)17-6-4-5-10-21-17/h4-6,10,15-16H,7-9,11-14H2,1-3H3,(H2,22,23,26)/t16-/m1/s1. The number of carbonyl (C=O) groups excluding carboxylic acids is 2. The second kappa shape index (κ2) is 8.67. The summed E-state index contributed by atoms with van der Waals surface area (Å²) in [5.74, 6) is 0.985. The van der Waals surface area contributed by atoms with Gasteiger partial charge in [0.25, 0.3) is 0 Å². The molecule has 28 heavy (non-hydrogen) atoms. The molecule has 0 bridgehead atoms. The molecule has 3 rings (SSSR count). The molecule has 2 aliphatic rings. The molecule has 2 saturated heterocycles. The van der Waals surface area contributed by atoms with Gasteiger partial charge in [0.15, 0.2) is 0 Å². The van der Waals surface area contributed by atoms with Gasteiger partial charge >= 0.3 is 12.1 Å². The number of likely N-dealkylation sites (tertiary alicyclic amines) is 1. The molecule has 8 nitrogen and oxygen atoms in total. The highest BCUT2D eigenvalue weighted by Gasteiger charge is 2.31.